The molecule has 4 rings (SSSR count). The first-order valence-electron chi connectivity index (χ1n) is 10.6. The fourth-order valence-electron chi connectivity index (χ4n) is 4.58. The minimum absolute atomic E-state index is 0.151. The summed E-state index contributed by atoms with van der Waals surface area (Å²) < 4.78 is 24.6. The molecule has 3 aromatic carbocycles. The summed E-state index contributed by atoms with van der Waals surface area (Å²) in [6.45, 7) is 0.650. The standard InChI is InChI=1S/C26H27FN2O3/c1-31-23-15-19-12-13-29(25(26(28)30)18-6-4-3-5-7-18)22(21(19)16-24(23)32-2)14-17-8-10-20(27)11-9-17/h3-11,15-16,22,25H,12-14H2,1-2H3,(H2,28,30). The summed E-state index contributed by atoms with van der Waals surface area (Å²) in [7, 11) is 3.23. The van der Waals surface area contributed by atoms with Crippen LogP contribution in [0.1, 0.15) is 34.3 Å². The van der Waals surface area contributed by atoms with E-state index in [1.165, 1.54) is 12.1 Å². The normalized spacial score (nSPS) is 16.8. The molecule has 0 aromatic heterocycles. The lowest BCUT2D eigenvalue weighted by atomic mass is 9.86. The van der Waals surface area contributed by atoms with Gasteiger partial charge >= 0.3 is 0 Å². The Balaban J connectivity index is 1.82. The lowest BCUT2D eigenvalue weighted by Crippen LogP contribution is -2.44. The van der Waals surface area contributed by atoms with E-state index in [0.717, 1.165) is 28.7 Å². The van der Waals surface area contributed by atoms with Crippen LogP contribution in [0.15, 0.2) is 66.7 Å². The minimum Gasteiger partial charge on any atom is -0.493 e. The Kier molecular flexibility index (Phi) is 6.42. The summed E-state index contributed by atoms with van der Waals surface area (Å²) >= 11 is 0. The van der Waals surface area contributed by atoms with Crippen molar-refractivity contribution in [1.29, 1.82) is 0 Å². The summed E-state index contributed by atoms with van der Waals surface area (Å²) in [5.41, 5.74) is 9.95. The number of hydrogen-bond acceptors (Lipinski definition) is 4. The van der Waals surface area contributed by atoms with Crippen molar-refractivity contribution in [2.45, 2.75) is 24.9 Å². The number of carbonyl (C=O) groups excluding carboxylic acids is 1. The lowest BCUT2D eigenvalue weighted by molar-refractivity contribution is -0.124. The molecule has 2 unspecified atom stereocenters. The van der Waals surface area contributed by atoms with Crippen LogP contribution in [-0.4, -0.2) is 31.6 Å². The number of benzene rings is 3. The molecule has 1 aliphatic heterocycles. The van der Waals surface area contributed by atoms with Gasteiger partial charge in [0.2, 0.25) is 5.91 Å². The van der Waals surface area contributed by atoms with Gasteiger partial charge in [-0.25, -0.2) is 4.39 Å². The van der Waals surface area contributed by atoms with Crippen LogP contribution in [0.25, 0.3) is 0 Å². The van der Waals surface area contributed by atoms with Gasteiger partial charge in [-0.2, -0.15) is 0 Å². The molecule has 6 heteroatoms. The molecule has 3 aromatic rings. The molecule has 0 spiro atoms. The van der Waals surface area contributed by atoms with E-state index < -0.39 is 11.9 Å². The van der Waals surface area contributed by atoms with Crippen LogP contribution < -0.4 is 15.2 Å². The van der Waals surface area contributed by atoms with Gasteiger partial charge in [-0.05, 0) is 59.4 Å². The second-order valence-corrected chi connectivity index (χ2v) is 7.96. The van der Waals surface area contributed by atoms with E-state index in [1.807, 2.05) is 42.5 Å². The van der Waals surface area contributed by atoms with Crippen LogP contribution in [0.2, 0.25) is 0 Å². The molecule has 0 saturated heterocycles. The molecule has 0 bridgehead atoms. The van der Waals surface area contributed by atoms with Crippen LogP contribution in [0.3, 0.4) is 0 Å². The zero-order valence-electron chi connectivity index (χ0n) is 18.3. The number of halogens is 1. The third kappa shape index (κ3) is 4.32. The van der Waals surface area contributed by atoms with Crippen molar-refractivity contribution in [3.05, 3.63) is 94.8 Å². The molecule has 0 radical (unpaired) electrons. The molecule has 0 saturated carbocycles. The minimum atomic E-state index is -0.581. The molecule has 1 heterocycles. The lowest BCUT2D eigenvalue weighted by Gasteiger charge is -2.41. The summed E-state index contributed by atoms with van der Waals surface area (Å²) in [5, 5.41) is 0. The maximum absolute atomic E-state index is 13.5. The van der Waals surface area contributed by atoms with E-state index in [4.69, 9.17) is 15.2 Å². The highest BCUT2D eigenvalue weighted by atomic mass is 19.1. The highest BCUT2D eigenvalue weighted by Gasteiger charge is 2.36. The van der Waals surface area contributed by atoms with E-state index in [2.05, 4.69) is 4.90 Å². The number of nitrogens with two attached hydrogens (primary N) is 1. The Bertz CT molecular complexity index is 1090. The smallest absolute Gasteiger partial charge is 0.239 e. The number of methoxy groups -OCH3 is 2. The second-order valence-electron chi connectivity index (χ2n) is 7.96. The molecule has 166 valence electrons. The molecule has 0 aliphatic carbocycles. The first-order valence-corrected chi connectivity index (χ1v) is 10.6. The van der Waals surface area contributed by atoms with Crippen molar-refractivity contribution >= 4 is 5.91 Å². The number of rotatable bonds is 7. The zero-order valence-corrected chi connectivity index (χ0v) is 18.3. The van der Waals surface area contributed by atoms with Crippen molar-refractivity contribution in [2.24, 2.45) is 5.73 Å². The van der Waals surface area contributed by atoms with E-state index in [0.29, 0.717) is 24.5 Å². The van der Waals surface area contributed by atoms with Crippen molar-refractivity contribution in [2.75, 3.05) is 20.8 Å². The zero-order chi connectivity index (χ0) is 22.7. The Labute approximate surface area is 187 Å². The molecule has 2 N–H and O–H groups in total. The highest BCUT2D eigenvalue weighted by molar-refractivity contribution is 5.81. The average Bonchev–Trinajstić information content (AvgIpc) is 2.81. The van der Waals surface area contributed by atoms with E-state index in [9.17, 15) is 9.18 Å². The van der Waals surface area contributed by atoms with Gasteiger partial charge in [-0.3, -0.25) is 9.69 Å². The van der Waals surface area contributed by atoms with Gasteiger partial charge in [0.05, 0.1) is 14.2 Å². The summed E-state index contributed by atoms with van der Waals surface area (Å²) in [6.07, 6.45) is 1.34. The molecular weight excluding hydrogens is 407 g/mol. The molecule has 1 amide bonds. The summed E-state index contributed by atoms with van der Waals surface area (Å²) in [5.74, 6) is 0.631. The summed E-state index contributed by atoms with van der Waals surface area (Å²) in [6, 6.07) is 19.3. The number of hydrogen-bond donors (Lipinski definition) is 1. The fraction of sp³-hybridized carbons (Fsp3) is 0.269. The highest BCUT2D eigenvalue weighted by Crippen LogP contribution is 2.42. The number of carbonyl (C=O) groups is 1. The van der Waals surface area contributed by atoms with E-state index in [-0.39, 0.29) is 11.9 Å². The summed E-state index contributed by atoms with van der Waals surface area (Å²) in [4.78, 5) is 14.8. The van der Waals surface area contributed by atoms with Gasteiger partial charge in [0.15, 0.2) is 11.5 Å². The largest absolute Gasteiger partial charge is 0.493 e. The molecule has 32 heavy (non-hydrogen) atoms. The van der Waals surface area contributed by atoms with Gasteiger partial charge < -0.3 is 15.2 Å². The first-order chi connectivity index (χ1) is 15.5. The Hall–Kier alpha value is -3.38. The second kappa shape index (κ2) is 9.40. The van der Waals surface area contributed by atoms with E-state index >= 15 is 0 Å². The third-order valence-electron chi connectivity index (χ3n) is 6.10. The van der Waals surface area contributed by atoms with Gasteiger partial charge in [0.1, 0.15) is 11.9 Å². The molecule has 0 fully saturated rings. The van der Waals surface area contributed by atoms with Crippen LogP contribution in [0.4, 0.5) is 4.39 Å². The number of ether oxygens (including phenoxy) is 2. The molecular formula is C26H27FN2O3. The third-order valence-corrected chi connectivity index (χ3v) is 6.10. The number of fused-ring (bicyclic) bond motifs is 1. The van der Waals surface area contributed by atoms with Gasteiger partial charge in [-0.15, -0.1) is 0 Å². The topological polar surface area (TPSA) is 64.8 Å². The Morgan fingerprint density at radius 2 is 1.72 bits per heavy atom. The van der Waals surface area contributed by atoms with Crippen molar-refractivity contribution in [3.8, 4) is 11.5 Å². The Morgan fingerprint density at radius 1 is 1.06 bits per heavy atom. The molecule has 2 atom stereocenters. The molecule has 1 aliphatic rings. The fourth-order valence-corrected chi connectivity index (χ4v) is 4.58. The number of nitrogens with zero attached hydrogens (tertiary/aromatic N) is 1. The van der Waals surface area contributed by atoms with Crippen molar-refractivity contribution < 1.29 is 18.7 Å². The number of amides is 1. The monoisotopic (exact) mass is 434 g/mol. The maximum atomic E-state index is 13.5. The first kappa shape index (κ1) is 21.8. The van der Waals surface area contributed by atoms with Crippen molar-refractivity contribution in [1.82, 2.24) is 4.90 Å². The van der Waals surface area contributed by atoms with Gasteiger partial charge in [0, 0.05) is 12.6 Å². The van der Waals surface area contributed by atoms with Crippen molar-refractivity contribution in [3.63, 3.8) is 0 Å². The van der Waals surface area contributed by atoms with Crippen LogP contribution >= 0.6 is 0 Å². The van der Waals surface area contributed by atoms with Crippen LogP contribution in [-0.2, 0) is 17.6 Å². The predicted octanol–water partition coefficient (Wildman–Crippen LogP) is 4.21. The van der Waals surface area contributed by atoms with Crippen LogP contribution in [0, 0.1) is 5.82 Å². The average molecular weight is 435 g/mol. The van der Waals surface area contributed by atoms with E-state index in [1.54, 1.807) is 26.4 Å². The van der Waals surface area contributed by atoms with Gasteiger partial charge in [-0.1, -0.05) is 42.5 Å². The van der Waals surface area contributed by atoms with Crippen LogP contribution in [0.5, 0.6) is 11.5 Å². The SMILES string of the molecule is COc1cc2c(cc1OC)C(Cc1ccc(F)cc1)N(C(C(N)=O)c1ccccc1)CC2. The molecule has 5 nitrogen and oxygen atoms in total. The Morgan fingerprint density at radius 3 is 2.34 bits per heavy atom. The van der Waals surface area contributed by atoms with Gasteiger partial charge in [0.25, 0.3) is 0 Å². The quantitative estimate of drug-likeness (QED) is 0.605. The predicted molar refractivity (Wildman–Crippen MR) is 121 cm³/mol. The maximum Gasteiger partial charge on any atom is 0.239 e. The number of primary amides is 1.